The van der Waals surface area contributed by atoms with Crippen molar-refractivity contribution in [2.45, 2.75) is 26.4 Å². The number of methoxy groups -OCH3 is 1. The largest absolute Gasteiger partial charge is 0.466 e. The van der Waals surface area contributed by atoms with Gasteiger partial charge in [0.05, 0.1) is 35.1 Å². The lowest BCUT2D eigenvalue weighted by Gasteiger charge is -2.27. The Kier molecular flexibility index (Phi) is 4.26. The van der Waals surface area contributed by atoms with Crippen molar-refractivity contribution in [2.75, 3.05) is 12.9 Å². The monoisotopic (exact) mass is 312 g/mol. The lowest BCUT2D eigenvalue weighted by atomic mass is 10.0. The Morgan fingerprint density at radius 1 is 1.29 bits per heavy atom. The van der Waals surface area contributed by atoms with Crippen LogP contribution in [0.4, 0.5) is 0 Å². The van der Waals surface area contributed by atoms with Crippen molar-refractivity contribution < 1.29 is 23.9 Å². The van der Waals surface area contributed by atoms with E-state index in [2.05, 4.69) is 0 Å². The first kappa shape index (κ1) is 15.4. The molecule has 2 aliphatic heterocycles. The molecule has 1 amide bonds. The van der Waals surface area contributed by atoms with Gasteiger partial charge in [0.15, 0.2) is 0 Å². The molecule has 114 valence electrons. The summed E-state index contributed by atoms with van der Waals surface area (Å²) in [5, 5.41) is 0.436. The van der Waals surface area contributed by atoms with Crippen molar-refractivity contribution in [1.29, 1.82) is 0 Å². The molecule has 0 aromatic heterocycles. The molecule has 0 radical (unpaired) electrons. The number of hydrogen-bond donors (Lipinski definition) is 1. The molecule has 0 aromatic carbocycles. The van der Waals surface area contributed by atoms with Crippen LogP contribution < -0.4 is 5.73 Å². The van der Waals surface area contributed by atoms with Crippen LogP contribution in [0.2, 0.25) is 0 Å². The topological polar surface area (TPSA) is 98.9 Å². The fourth-order valence-electron chi connectivity index (χ4n) is 2.06. The van der Waals surface area contributed by atoms with Gasteiger partial charge in [-0.05, 0) is 13.8 Å². The number of rotatable bonds is 3. The standard InChI is InChI=1S/C13H16N2O5S/c1-6(2)20-13(18)7-4-8(12(17)19-3)11-15(10(7)14)9(16)5-21-11/h6H,4-5,14H2,1-3H3. The van der Waals surface area contributed by atoms with E-state index in [0.29, 0.717) is 5.03 Å². The summed E-state index contributed by atoms with van der Waals surface area (Å²) in [6.07, 6.45) is -0.329. The minimum absolute atomic E-state index is 0.00380. The number of carbonyl (C=O) groups excluding carboxylic acids is 3. The zero-order valence-corrected chi connectivity index (χ0v) is 12.8. The van der Waals surface area contributed by atoms with E-state index < -0.39 is 11.9 Å². The van der Waals surface area contributed by atoms with Crippen LogP contribution in [0.5, 0.6) is 0 Å². The Labute approximate surface area is 126 Å². The SMILES string of the molecule is COC(=O)C1=C2SCC(=O)N2C(N)=C(C(=O)OC(C)C)C1. The maximum absolute atomic E-state index is 12.1. The Balaban J connectivity index is 2.42. The highest BCUT2D eigenvalue weighted by atomic mass is 32.2. The fourth-order valence-corrected chi connectivity index (χ4v) is 3.11. The van der Waals surface area contributed by atoms with Crippen molar-refractivity contribution in [1.82, 2.24) is 4.90 Å². The van der Waals surface area contributed by atoms with Crippen molar-refractivity contribution in [3.05, 3.63) is 22.0 Å². The van der Waals surface area contributed by atoms with Gasteiger partial charge in [-0.1, -0.05) is 11.8 Å². The second-order valence-corrected chi connectivity index (χ2v) is 5.75. The van der Waals surface area contributed by atoms with Crippen molar-refractivity contribution in [2.24, 2.45) is 5.73 Å². The molecule has 2 N–H and O–H groups in total. The quantitative estimate of drug-likeness (QED) is 0.756. The summed E-state index contributed by atoms with van der Waals surface area (Å²) < 4.78 is 9.82. The Morgan fingerprint density at radius 3 is 2.52 bits per heavy atom. The molecular weight excluding hydrogens is 296 g/mol. The van der Waals surface area contributed by atoms with Crippen LogP contribution in [-0.2, 0) is 23.9 Å². The summed E-state index contributed by atoms with van der Waals surface area (Å²) in [5.74, 6) is -1.29. The zero-order valence-electron chi connectivity index (χ0n) is 12.0. The average Bonchev–Trinajstić information content (AvgIpc) is 2.80. The number of carbonyl (C=O) groups is 3. The molecule has 2 aliphatic rings. The highest BCUT2D eigenvalue weighted by Crippen LogP contribution is 2.40. The molecule has 7 nitrogen and oxygen atoms in total. The van der Waals surface area contributed by atoms with E-state index in [9.17, 15) is 14.4 Å². The number of esters is 2. The zero-order chi connectivity index (χ0) is 15.7. The molecule has 1 saturated heterocycles. The number of hydrogen-bond acceptors (Lipinski definition) is 7. The van der Waals surface area contributed by atoms with Crippen molar-refractivity contribution in [3.63, 3.8) is 0 Å². The first-order chi connectivity index (χ1) is 9.86. The molecule has 0 aromatic rings. The molecule has 0 bridgehead atoms. The summed E-state index contributed by atoms with van der Waals surface area (Å²) in [6.45, 7) is 3.41. The van der Waals surface area contributed by atoms with Crippen LogP contribution in [-0.4, -0.2) is 41.7 Å². The molecule has 0 saturated carbocycles. The summed E-state index contributed by atoms with van der Waals surface area (Å²) in [6, 6.07) is 0. The van der Waals surface area contributed by atoms with Gasteiger partial charge in [0.2, 0.25) is 5.91 Å². The second kappa shape index (κ2) is 5.80. The van der Waals surface area contributed by atoms with Crippen LogP contribution in [0.3, 0.4) is 0 Å². The normalized spacial score (nSPS) is 18.3. The number of amides is 1. The molecule has 2 rings (SSSR count). The smallest absolute Gasteiger partial charge is 0.338 e. The summed E-state index contributed by atoms with van der Waals surface area (Å²) in [5.41, 5.74) is 6.27. The molecule has 2 heterocycles. The molecule has 0 spiro atoms. The molecule has 0 aliphatic carbocycles. The number of nitrogens with two attached hydrogens (primary N) is 1. The minimum Gasteiger partial charge on any atom is -0.466 e. The summed E-state index contributed by atoms with van der Waals surface area (Å²) >= 11 is 1.21. The number of nitrogens with zero attached hydrogens (tertiary/aromatic N) is 1. The maximum Gasteiger partial charge on any atom is 0.338 e. The Hall–Kier alpha value is -1.96. The van der Waals surface area contributed by atoms with Gasteiger partial charge in [0.25, 0.3) is 0 Å². The van der Waals surface area contributed by atoms with E-state index in [1.807, 2.05) is 0 Å². The van der Waals surface area contributed by atoms with Crippen molar-refractivity contribution in [3.8, 4) is 0 Å². The third kappa shape index (κ3) is 2.76. The van der Waals surface area contributed by atoms with E-state index >= 15 is 0 Å². The molecule has 8 heteroatoms. The molecule has 0 atom stereocenters. The lowest BCUT2D eigenvalue weighted by molar-refractivity contribution is -0.143. The maximum atomic E-state index is 12.1. The van der Waals surface area contributed by atoms with Gasteiger partial charge < -0.3 is 15.2 Å². The lowest BCUT2D eigenvalue weighted by Crippen LogP contribution is -2.36. The van der Waals surface area contributed by atoms with E-state index in [1.165, 1.54) is 23.8 Å². The Morgan fingerprint density at radius 2 is 1.95 bits per heavy atom. The van der Waals surface area contributed by atoms with Crippen LogP contribution in [0, 0.1) is 0 Å². The molecule has 21 heavy (non-hydrogen) atoms. The van der Waals surface area contributed by atoms with Gasteiger partial charge in [-0.15, -0.1) is 0 Å². The van der Waals surface area contributed by atoms with Gasteiger partial charge >= 0.3 is 11.9 Å². The summed E-state index contributed by atoms with van der Waals surface area (Å²) in [7, 11) is 1.25. The van der Waals surface area contributed by atoms with Gasteiger partial charge in [0, 0.05) is 6.42 Å². The van der Waals surface area contributed by atoms with Crippen LogP contribution in [0.15, 0.2) is 22.0 Å². The highest BCUT2D eigenvalue weighted by molar-refractivity contribution is 8.04. The van der Waals surface area contributed by atoms with Crippen LogP contribution >= 0.6 is 11.8 Å². The molecule has 0 unspecified atom stereocenters. The van der Waals surface area contributed by atoms with Gasteiger partial charge in [-0.25, -0.2) is 9.59 Å². The number of thioether (sulfide) groups is 1. The second-order valence-electron chi connectivity index (χ2n) is 4.79. The number of ether oxygens (including phenoxy) is 2. The number of fused-ring (bicyclic) bond motifs is 1. The average molecular weight is 312 g/mol. The Bertz CT molecular complexity index is 579. The van der Waals surface area contributed by atoms with E-state index in [-0.39, 0.29) is 41.2 Å². The predicted molar refractivity (Wildman–Crippen MR) is 75.4 cm³/mol. The third-order valence-electron chi connectivity index (χ3n) is 2.97. The van der Waals surface area contributed by atoms with E-state index in [4.69, 9.17) is 15.2 Å². The third-order valence-corrected chi connectivity index (χ3v) is 4.06. The molecule has 1 fully saturated rings. The van der Waals surface area contributed by atoms with Crippen LogP contribution in [0.1, 0.15) is 20.3 Å². The minimum atomic E-state index is -0.632. The van der Waals surface area contributed by atoms with Crippen molar-refractivity contribution >= 4 is 29.6 Å². The molecular formula is C13H16N2O5S. The van der Waals surface area contributed by atoms with Gasteiger partial charge in [-0.2, -0.15) is 0 Å². The van der Waals surface area contributed by atoms with Gasteiger partial charge in [-0.3, -0.25) is 9.69 Å². The predicted octanol–water partition coefficient (Wildman–Crippen LogP) is 0.472. The van der Waals surface area contributed by atoms with Crippen LogP contribution in [0.25, 0.3) is 0 Å². The highest BCUT2D eigenvalue weighted by Gasteiger charge is 2.40. The van der Waals surface area contributed by atoms with Gasteiger partial charge in [0.1, 0.15) is 5.82 Å². The first-order valence-electron chi connectivity index (χ1n) is 6.33. The van der Waals surface area contributed by atoms with E-state index in [0.717, 1.165) is 0 Å². The fraction of sp³-hybridized carbons (Fsp3) is 0.462. The first-order valence-corrected chi connectivity index (χ1v) is 7.32. The van der Waals surface area contributed by atoms with E-state index in [1.54, 1.807) is 13.8 Å². The summed E-state index contributed by atoms with van der Waals surface area (Å²) in [4.78, 5) is 37.1.